The fraction of sp³-hybridized carbons (Fsp3) is 0.684. The van der Waals surface area contributed by atoms with Crippen LogP contribution in [0.3, 0.4) is 0 Å². The van der Waals surface area contributed by atoms with Gasteiger partial charge in [0.05, 0.1) is 12.9 Å². The van der Waals surface area contributed by atoms with Crippen molar-refractivity contribution in [2.45, 2.75) is 71.8 Å². The second-order valence-corrected chi connectivity index (χ2v) is 12.8. The van der Waals surface area contributed by atoms with Gasteiger partial charge in [-0.25, -0.2) is 9.69 Å². The van der Waals surface area contributed by atoms with Crippen molar-refractivity contribution in [3.8, 4) is 0 Å². The van der Waals surface area contributed by atoms with E-state index in [1.165, 1.54) is 6.26 Å². The molecular formula is C19H31NO5Si. The zero-order valence-corrected chi connectivity index (χ0v) is 17.7. The highest BCUT2D eigenvalue weighted by Gasteiger charge is 2.56. The number of nitrogens with zero attached hydrogens (tertiary/aromatic N) is 1. The first-order chi connectivity index (χ1) is 12.2. The highest BCUT2D eigenvalue weighted by molar-refractivity contribution is 6.73. The van der Waals surface area contributed by atoms with Crippen molar-refractivity contribution in [1.29, 1.82) is 0 Å². The van der Waals surface area contributed by atoms with E-state index in [1.54, 1.807) is 12.1 Å². The number of rotatable bonds is 7. The molecule has 1 aliphatic rings. The van der Waals surface area contributed by atoms with Gasteiger partial charge in [-0.15, -0.1) is 0 Å². The Balaban J connectivity index is 2.21. The predicted octanol–water partition coefficient (Wildman–Crippen LogP) is 4.74. The van der Waals surface area contributed by atoms with Gasteiger partial charge in [0, 0.05) is 0 Å². The Hall–Kier alpha value is -1.60. The molecule has 0 radical (unpaired) electrons. The summed E-state index contributed by atoms with van der Waals surface area (Å²) in [6.45, 7) is 12.5. The van der Waals surface area contributed by atoms with Crippen LogP contribution in [0.4, 0.5) is 4.79 Å². The van der Waals surface area contributed by atoms with Gasteiger partial charge in [-0.05, 0) is 35.7 Å². The number of hydrogen-bond acceptors (Lipinski definition) is 5. The fourth-order valence-electron chi connectivity index (χ4n) is 3.13. The second kappa shape index (κ2) is 7.96. The molecule has 2 rings (SSSR count). The first-order valence-corrected chi connectivity index (χ1v) is 11.9. The first-order valence-electron chi connectivity index (χ1n) is 9.39. The van der Waals surface area contributed by atoms with Crippen LogP contribution in [-0.4, -0.2) is 37.9 Å². The number of hydrogen-bond donors (Lipinski definition) is 0. The Morgan fingerprint density at radius 1 is 1.23 bits per heavy atom. The van der Waals surface area contributed by atoms with E-state index in [4.69, 9.17) is 13.6 Å². The van der Waals surface area contributed by atoms with E-state index in [2.05, 4.69) is 20.8 Å². The van der Waals surface area contributed by atoms with Crippen LogP contribution in [0.1, 0.15) is 53.3 Å². The molecule has 7 heteroatoms. The van der Waals surface area contributed by atoms with E-state index in [0.29, 0.717) is 5.76 Å². The Kier molecular flexibility index (Phi) is 6.34. The summed E-state index contributed by atoms with van der Waals surface area (Å²) in [6, 6.07) is 5.76. The van der Waals surface area contributed by atoms with Gasteiger partial charge in [-0.1, -0.05) is 41.5 Å². The molecule has 0 spiro atoms. The third-order valence-electron chi connectivity index (χ3n) is 5.02. The van der Waals surface area contributed by atoms with Gasteiger partial charge in [0.15, 0.2) is 14.4 Å². The average molecular weight is 382 g/mol. The summed E-state index contributed by atoms with van der Waals surface area (Å²) >= 11 is 0. The van der Waals surface area contributed by atoms with E-state index in [1.807, 2.05) is 20.8 Å². The molecule has 1 fully saturated rings. The number of carbonyl (C=O) groups excluding carboxylic acids is 2. The highest BCUT2D eigenvalue weighted by atomic mass is 28.4. The molecule has 0 unspecified atom stereocenters. The van der Waals surface area contributed by atoms with E-state index in [0.717, 1.165) is 23.0 Å². The van der Waals surface area contributed by atoms with Crippen molar-refractivity contribution in [2.24, 2.45) is 5.41 Å². The van der Waals surface area contributed by atoms with E-state index in [-0.39, 0.29) is 17.9 Å². The normalized spacial score (nSPS) is 20.8. The number of carbonyl (C=O) groups is 2. The SMILES string of the molecule is CC[Si](CC)(CC)O[C@@H]1C(=O)N(C(=O)OCC(C)(C)C)[C@@H]1c1ccco1. The monoisotopic (exact) mass is 381 g/mol. The highest BCUT2D eigenvalue weighted by Crippen LogP contribution is 2.41. The summed E-state index contributed by atoms with van der Waals surface area (Å²) in [6.07, 6.45) is 0.232. The first kappa shape index (κ1) is 20.7. The zero-order valence-electron chi connectivity index (χ0n) is 16.7. The summed E-state index contributed by atoms with van der Waals surface area (Å²) in [4.78, 5) is 26.4. The summed E-state index contributed by atoms with van der Waals surface area (Å²) < 4.78 is 17.2. The van der Waals surface area contributed by atoms with Gasteiger partial charge in [-0.3, -0.25) is 4.79 Å². The van der Waals surface area contributed by atoms with Gasteiger partial charge < -0.3 is 13.6 Å². The van der Waals surface area contributed by atoms with Crippen LogP contribution >= 0.6 is 0 Å². The molecule has 2 atom stereocenters. The molecule has 6 nitrogen and oxygen atoms in total. The predicted molar refractivity (Wildman–Crippen MR) is 101 cm³/mol. The molecule has 0 bridgehead atoms. The van der Waals surface area contributed by atoms with E-state index < -0.39 is 26.6 Å². The van der Waals surface area contributed by atoms with Crippen molar-refractivity contribution >= 4 is 20.3 Å². The average Bonchev–Trinajstić information content (AvgIpc) is 3.12. The van der Waals surface area contributed by atoms with Crippen molar-refractivity contribution in [1.82, 2.24) is 4.90 Å². The lowest BCUT2D eigenvalue weighted by Gasteiger charge is -2.47. The lowest BCUT2D eigenvalue weighted by Crippen LogP contribution is -2.64. The van der Waals surface area contributed by atoms with Crippen molar-refractivity contribution in [3.63, 3.8) is 0 Å². The molecule has 2 heterocycles. The lowest BCUT2D eigenvalue weighted by atomic mass is 9.96. The molecule has 2 amide bonds. The van der Waals surface area contributed by atoms with Gasteiger partial charge in [0.25, 0.3) is 5.91 Å². The number of amides is 2. The van der Waals surface area contributed by atoms with Crippen LogP contribution in [0.5, 0.6) is 0 Å². The Morgan fingerprint density at radius 2 is 1.85 bits per heavy atom. The molecule has 146 valence electrons. The lowest BCUT2D eigenvalue weighted by molar-refractivity contribution is -0.162. The topological polar surface area (TPSA) is 69.0 Å². The van der Waals surface area contributed by atoms with Gasteiger partial charge in [0.2, 0.25) is 0 Å². The van der Waals surface area contributed by atoms with Crippen molar-refractivity contribution in [2.75, 3.05) is 6.61 Å². The van der Waals surface area contributed by atoms with Crippen LogP contribution in [0.25, 0.3) is 0 Å². The van der Waals surface area contributed by atoms with Gasteiger partial charge in [-0.2, -0.15) is 0 Å². The quantitative estimate of drug-likeness (QED) is 0.504. The molecule has 1 aromatic heterocycles. The van der Waals surface area contributed by atoms with E-state index in [9.17, 15) is 9.59 Å². The van der Waals surface area contributed by atoms with Gasteiger partial charge >= 0.3 is 6.09 Å². The zero-order chi connectivity index (χ0) is 19.5. The molecule has 0 saturated carbocycles. The number of likely N-dealkylation sites (tertiary alicyclic amines) is 1. The smallest absolute Gasteiger partial charge is 0.417 e. The van der Waals surface area contributed by atoms with Crippen LogP contribution < -0.4 is 0 Å². The minimum absolute atomic E-state index is 0.172. The fourth-order valence-corrected chi connectivity index (χ4v) is 5.90. The summed E-state index contributed by atoms with van der Waals surface area (Å²) in [5, 5.41) is 0. The van der Waals surface area contributed by atoms with Crippen LogP contribution in [-0.2, 0) is 14.0 Å². The molecule has 0 aliphatic carbocycles. The summed E-state index contributed by atoms with van der Waals surface area (Å²) in [5.74, 6) is 0.214. The summed E-state index contributed by atoms with van der Waals surface area (Å²) in [7, 11) is -2.00. The molecule has 0 aromatic carbocycles. The maximum absolute atomic E-state index is 12.7. The van der Waals surface area contributed by atoms with Crippen LogP contribution in [0, 0.1) is 5.41 Å². The molecule has 0 N–H and O–H groups in total. The molecule has 1 saturated heterocycles. The molecule has 1 aromatic rings. The Labute approximate surface area is 157 Å². The Morgan fingerprint density at radius 3 is 2.31 bits per heavy atom. The minimum atomic E-state index is -2.00. The number of ether oxygens (including phenoxy) is 1. The number of imide groups is 1. The third-order valence-corrected chi connectivity index (χ3v) is 9.64. The van der Waals surface area contributed by atoms with Gasteiger partial charge in [0.1, 0.15) is 11.8 Å². The second-order valence-electron chi connectivity index (χ2n) is 8.07. The Bertz CT molecular complexity index is 610. The minimum Gasteiger partial charge on any atom is -0.467 e. The third kappa shape index (κ3) is 4.20. The molecular weight excluding hydrogens is 350 g/mol. The molecule has 1 aliphatic heterocycles. The maximum atomic E-state index is 12.7. The standard InChI is InChI=1S/C19H31NO5Si/c1-7-26(8-2,9-3)25-16-15(14-11-10-12-23-14)20(17(16)21)18(22)24-13-19(4,5)6/h10-12,15-16H,7-9,13H2,1-6H3/t15-,16+/m1/s1. The maximum Gasteiger partial charge on any atom is 0.417 e. The molecule has 26 heavy (non-hydrogen) atoms. The summed E-state index contributed by atoms with van der Waals surface area (Å²) in [5.41, 5.74) is -0.172. The van der Waals surface area contributed by atoms with Crippen molar-refractivity contribution in [3.05, 3.63) is 24.2 Å². The van der Waals surface area contributed by atoms with Crippen LogP contribution in [0.15, 0.2) is 22.8 Å². The van der Waals surface area contributed by atoms with Crippen molar-refractivity contribution < 1.29 is 23.2 Å². The van der Waals surface area contributed by atoms with Crippen LogP contribution in [0.2, 0.25) is 18.1 Å². The van der Waals surface area contributed by atoms with E-state index >= 15 is 0 Å². The number of β-lactam (4-membered cyclic amide) rings is 1. The number of furan rings is 1. The largest absolute Gasteiger partial charge is 0.467 e.